The lowest BCUT2D eigenvalue weighted by atomic mass is 9.90. The van der Waals surface area contributed by atoms with Crippen molar-refractivity contribution in [2.45, 2.75) is 18.4 Å². The molecule has 0 aliphatic carbocycles. The summed E-state index contributed by atoms with van der Waals surface area (Å²) in [4.78, 5) is 14.0. The molecule has 20 heavy (non-hydrogen) atoms. The number of β-amino-alcohol motifs (C(OH)–C–C–N with tert-alkyl or cyclic N) is 1. The van der Waals surface area contributed by atoms with Gasteiger partial charge in [0.25, 0.3) is 5.91 Å². The van der Waals surface area contributed by atoms with Gasteiger partial charge in [-0.25, -0.2) is 0 Å². The van der Waals surface area contributed by atoms with E-state index in [1.54, 1.807) is 11.0 Å². The maximum absolute atomic E-state index is 12.4. The zero-order valence-corrected chi connectivity index (χ0v) is 12.1. The van der Waals surface area contributed by atoms with Crippen LogP contribution >= 0.6 is 15.9 Å². The lowest BCUT2D eigenvalue weighted by molar-refractivity contribution is -0.0320. The van der Waals surface area contributed by atoms with E-state index in [9.17, 15) is 9.90 Å². The Kier molecular flexibility index (Phi) is 3.35. The number of piperidine rings is 1. The number of rotatable bonds is 2. The van der Waals surface area contributed by atoms with E-state index in [-0.39, 0.29) is 12.5 Å². The van der Waals surface area contributed by atoms with Crippen molar-refractivity contribution in [2.24, 2.45) is 0 Å². The third kappa shape index (κ3) is 2.36. The maximum atomic E-state index is 12.4. The first-order chi connectivity index (χ1) is 9.58. The summed E-state index contributed by atoms with van der Waals surface area (Å²) in [5.41, 5.74) is -0.230. The van der Waals surface area contributed by atoms with Crippen LogP contribution in [0.2, 0.25) is 0 Å². The first-order valence-electron chi connectivity index (χ1n) is 6.20. The van der Waals surface area contributed by atoms with E-state index in [0.29, 0.717) is 35.3 Å². The van der Waals surface area contributed by atoms with Crippen molar-refractivity contribution in [1.29, 1.82) is 0 Å². The van der Waals surface area contributed by atoms with Crippen molar-refractivity contribution in [1.82, 2.24) is 20.3 Å². The minimum absolute atomic E-state index is 0.166. The molecule has 1 fully saturated rings. The molecule has 106 valence electrons. The average Bonchev–Trinajstić information content (AvgIpc) is 3.09. The molecule has 1 saturated heterocycles. The summed E-state index contributed by atoms with van der Waals surface area (Å²) in [6.07, 6.45) is 4.14. The number of halogens is 1. The molecular weight excluding hydrogens is 328 g/mol. The Morgan fingerprint density at radius 2 is 2.45 bits per heavy atom. The smallest absolute Gasteiger partial charge is 0.257 e. The standard InChI is InChI=1S/C12H13BrN4O3/c13-10-4-8(6-20-10)11(18)17-3-1-2-12(19,7-17)9-5-14-16-15-9/h4-6,19H,1-3,7H2,(H,14,15,16)/t12-/m0/s1. The van der Waals surface area contributed by atoms with E-state index in [2.05, 4.69) is 31.3 Å². The number of nitrogens with one attached hydrogen (secondary N) is 1. The van der Waals surface area contributed by atoms with Crippen LogP contribution in [0.5, 0.6) is 0 Å². The highest BCUT2D eigenvalue weighted by Crippen LogP contribution is 2.30. The van der Waals surface area contributed by atoms with Gasteiger partial charge >= 0.3 is 0 Å². The largest absolute Gasteiger partial charge is 0.457 e. The lowest BCUT2D eigenvalue weighted by Gasteiger charge is -2.37. The van der Waals surface area contributed by atoms with Gasteiger partial charge in [-0.1, -0.05) is 0 Å². The Labute approximate surface area is 123 Å². The Bertz CT molecular complexity index is 612. The Hall–Kier alpha value is -1.67. The monoisotopic (exact) mass is 340 g/mol. The van der Waals surface area contributed by atoms with E-state index in [0.717, 1.165) is 0 Å². The molecule has 2 aromatic rings. The van der Waals surface area contributed by atoms with Crippen LogP contribution in [0, 0.1) is 0 Å². The van der Waals surface area contributed by atoms with Crippen LogP contribution in [-0.2, 0) is 5.60 Å². The molecule has 0 spiro atoms. The number of carbonyl (C=O) groups is 1. The predicted octanol–water partition coefficient (Wildman–Crippen LogP) is 1.28. The van der Waals surface area contributed by atoms with Gasteiger partial charge in [0.2, 0.25) is 0 Å². The number of carbonyl (C=O) groups excluding carboxylic acids is 1. The summed E-state index contributed by atoms with van der Waals surface area (Å²) in [7, 11) is 0. The summed E-state index contributed by atoms with van der Waals surface area (Å²) < 4.78 is 5.58. The van der Waals surface area contributed by atoms with Gasteiger partial charge in [0.15, 0.2) is 4.67 Å². The summed E-state index contributed by atoms with van der Waals surface area (Å²) in [5, 5.41) is 20.8. The van der Waals surface area contributed by atoms with Crippen LogP contribution in [-0.4, -0.2) is 44.4 Å². The second-order valence-electron chi connectivity index (χ2n) is 4.86. The van der Waals surface area contributed by atoms with Gasteiger partial charge < -0.3 is 14.4 Å². The molecule has 0 unspecified atom stereocenters. The molecule has 1 aliphatic rings. The molecule has 0 aromatic carbocycles. The number of aliphatic hydroxyl groups is 1. The summed E-state index contributed by atoms with van der Waals surface area (Å²) in [6.45, 7) is 0.795. The maximum Gasteiger partial charge on any atom is 0.257 e. The van der Waals surface area contributed by atoms with Gasteiger partial charge in [-0.2, -0.15) is 15.4 Å². The van der Waals surface area contributed by atoms with Crippen molar-refractivity contribution >= 4 is 21.8 Å². The minimum Gasteiger partial charge on any atom is -0.457 e. The fourth-order valence-corrected chi connectivity index (χ4v) is 2.79. The SMILES string of the molecule is O=C(c1coc(Br)c1)N1CCC[C@@](O)(c2cn[nH]n2)C1. The third-order valence-corrected chi connectivity index (χ3v) is 3.88. The van der Waals surface area contributed by atoms with Gasteiger partial charge in [-0.15, -0.1) is 0 Å². The van der Waals surface area contributed by atoms with Gasteiger partial charge in [-0.3, -0.25) is 4.79 Å². The highest BCUT2D eigenvalue weighted by molar-refractivity contribution is 9.10. The molecular formula is C12H13BrN4O3. The molecule has 7 nitrogen and oxygen atoms in total. The third-order valence-electron chi connectivity index (χ3n) is 3.46. The van der Waals surface area contributed by atoms with Crippen molar-refractivity contribution < 1.29 is 14.3 Å². The second kappa shape index (κ2) is 5.02. The molecule has 3 rings (SSSR count). The number of likely N-dealkylation sites (tertiary alicyclic amines) is 1. The van der Waals surface area contributed by atoms with Crippen LogP contribution in [0.3, 0.4) is 0 Å². The van der Waals surface area contributed by atoms with Crippen LogP contribution < -0.4 is 0 Å². The van der Waals surface area contributed by atoms with Crippen molar-refractivity contribution in [3.8, 4) is 0 Å². The fourth-order valence-electron chi connectivity index (χ4n) is 2.45. The Morgan fingerprint density at radius 3 is 3.10 bits per heavy atom. The first-order valence-corrected chi connectivity index (χ1v) is 7.00. The molecule has 1 amide bonds. The summed E-state index contributed by atoms with van der Waals surface area (Å²) >= 11 is 3.17. The number of nitrogens with zero attached hydrogens (tertiary/aromatic N) is 3. The Balaban J connectivity index is 1.80. The second-order valence-corrected chi connectivity index (χ2v) is 5.64. The number of aromatic amines is 1. The minimum atomic E-state index is -1.15. The topological polar surface area (TPSA) is 95.3 Å². The van der Waals surface area contributed by atoms with Gasteiger partial charge in [0, 0.05) is 12.6 Å². The van der Waals surface area contributed by atoms with Gasteiger partial charge in [0.1, 0.15) is 17.6 Å². The van der Waals surface area contributed by atoms with Gasteiger partial charge in [-0.05, 0) is 28.8 Å². The van der Waals surface area contributed by atoms with Crippen LogP contribution in [0.4, 0.5) is 0 Å². The number of hydrogen-bond donors (Lipinski definition) is 2. The van der Waals surface area contributed by atoms with E-state index < -0.39 is 5.60 Å². The van der Waals surface area contributed by atoms with Gasteiger partial charge in [0.05, 0.1) is 18.3 Å². The summed E-state index contributed by atoms with van der Waals surface area (Å²) in [6, 6.07) is 1.62. The van der Waals surface area contributed by atoms with Crippen molar-refractivity contribution in [2.75, 3.05) is 13.1 Å². The first kappa shape index (κ1) is 13.3. The highest BCUT2D eigenvalue weighted by atomic mass is 79.9. The van der Waals surface area contributed by atoms with Crippen LogP contribution in [0.15, 0.2) is 27.6 Å². The number of furan rings is 1. The number of H-pyrrole nitrogens is 1. The van der Waals surface area contributed by atoms with E-state index in [1.807, 2.05) is 0 Å². The molecule has 2 N–H and O–H groups in total. The van der Waals surface area contributed by atoms with Crippen molar-refractivity contribution in [3.63, 3.8) is 0 Å². The van der Waals surface area contributed by atoms with Crippen LogP contribution in [0.25, 0.3) is 0 Å². The zero-order valence-electron chi connectivity index (χ0n) is 10.5. The molecule has 1 atom stereocenters. The molecule has 0 bridgehead atoms. The van der Waals surface area contributed by atoms with E-state index in [1.165, 1.54) is 12.5 Å². The number of hydrogen-bond acceptors (Lipinski definition) is 5. The van der Waals surface area contributed by atoms with E-state index in [4.69, 9.17) is 4.42 Å². The molecule has 3 heterocycles. The summed E-state index contributed by atoms with van der Waals surface area (Å²) in [5.74, 6) is -0.166. The van der Waals surface area contributed by atoms with E-state index >= 15 is 0 Å². The molecule has 1 aliphatic heterocycles. The number of amides is 1. The Morgan fingerprint density at radius 1 is 1.60 bits per heavy atom. The normalized spacial score (nSPS) is 23.0. The molecule has 0 saturated carbocycles. The highest BCUT2D eigenvalue weighted by Gasteiger charge is 2.39. The number of aromatic nitrogens is 3. The molecule has 2 aromatic heterocycles. The zero-order chi connectivity index (χ0) is 14.2. The molecule has 8 heteroatoms. The quantitative estimate of drug-likeness (QED) is 0.858. The average molecular weight is 341 g/mol. The van der Waals surface area contributed by atoms with Crippen molar-refractivity contribution in [3.05, 3.63) is 34.5 Å². The van der Waals surface area contributed by atoms with Crippen LogP contribution in [0.1, 0.15) is 28.9 Å². The molecule has 0 radical (unpaired) electrons. The lowest BCUT2D eigenvalue weighted by Crippen LogP contribution is -2.48. The fraction of sp³-hybridized carbons (Fsp3) is 0.417. The predicted molar refractivity (Wildman–Crippen MR) is 71.8 cm³/mol.